The van der Waals surface area contributed by atoms with E-state index in [2.05, 4.69) is 4.98 Å². The summed E-state index contributed by atoms with van der Waals surface area (Å²) in [5.74, 6) is -0.893. The Bertz CT molecular complexity index is 418. The lowest BCUT2D eigenvalue weighted by atomic mass is 10.2. The number of hydrogen-bond acceptors (Lipinski definition) is 3. The standard InChI is InChI=1S/C14H20N2O3/c1-11(2)16(10-12-6-3-4-9-15-12)13(17)7-5-8-14(18)19/h3-4,6,9,11H,5,7-8,10H2,1-2H3,(H,18,19). The summed E-state index contributed by atoms with van der Waals surface area (Å²) in [4.78, 5) is 28.4. The average Bonchev–Trinajstić information content (AvgIpc) is 2.36. The van der Waals surface area contributed by atoms with Crippen molar-refractivity contribution in [3.05, 3.63) is 30.1 Å². The van der Waals surface area contributed by atoms with Crippen LogP contribution in [0.1, 0.15) is 38.8 Å². The van der Waals surface area contributed by atoms with Gasteiger partial charge in [0, 0.05) is 25.1 Å². The number of aromatic nitrogens is 1. The number of hydrogen-bond donors (Lipinski definition) is 1. The number of carboxylic acid groups (broad SMARTS) is 1. The van der Waals surface area contributed by atoms with E-state index in [1.165, 1.54) is 0 Å². The molecular weight excluding hydrogens is 244 g/mol. The van der Waals surface area contributed by atoms with E-state index in [0.717, 1.165) is 5.69 Å². The number of rotatable bonds is 7. The molecule has 104 valence electrons. The van der Waals surface area contributed by atoms with Crippen molar-refractivity contribution in [2.45, 2.75) is 45.7 Å². The minimum atomic E-state index is -0.867. The van der Waals surface area contributed by atoms with Gasteiger partial charge in [-0.3, -0.25) is 14.6 Å². The van der Waals surface area contributed by atoms with Crippen molar-refractivity contribution in [1.29, 1.82) is 0 Å². The molecule has 1 aromatic heterocycles. The third-order valence-electron chi connectivity index (χ3n) is 2.78. The first-order valence-electron chi connectivity index (χ1n) is 6.42. The van der Waals surface area contributed by atoms with Gasteiger partial charge < -0.3 is 10.0 Å². The quantitative estimate of drug-likeness (QED) is 0.818. The zero-order valence-electron chi connectivity index (χ0n) is 11.4. The lowest BCUT2D eigenvalue weighted by Crippen LogP contribution is -2.36. The lowest BCUT2D eigenvalue weighted by Gasteiger charge is -2.26. The van der Waals surface area contributed by atoms with Crippen LogP contribution in [0, 0.1) is 0 Å². The summed E-state index contributed by atoms with van der Waals surface area (Å²) in [5, 5.41) is 8.57. The second kappa shape index (κ2) is 7.51. The molecule has 0 saturated carbocycles. The molecule has 0 aliphatic heterocycles. The molecule has 0 aliphatic carbocycles. The van der Waals surface area contributed by atoms with E-state index in [1.807, 2.05) is 32.0 Å². The highest BCUT2D eigenvalue weighted by molar-refractivity contribution is 5.77. The van der Waals surface area contributed by atoms with Crippen molar-refractivity contribution in [3.8, 4) is 0 Å². The van der Waals surface area contributed by atoms with Crippen molar-refractivity contribution < 1.29 is 14.7 Å². The summed E-state index contributed by atoms with van der Waals surface area (Å²) in [7, 11) is 0. The van der Waals surface area contributed by atoms with Gasteiger partial charge in [0.05, 0.1) is 12.2 Å². The Morgan fingerprint density at radius 2 is 2.05 bits per heavy atom. The molecule has 0 aromatic carbocycles. The predicted octanol–water partition coefficient (Wildman–Crippen LogP) is 2.07. The highest BCUT2D eigenvalue weighted by Crippen LogP contribution is 2.10. The van der Waals surface area contributed by atoms with Gasteiger partial charge in [-0.2, -0.15) is 0 Å². The number of carboxylic acids is 1. The highest BCUT2D eigenvalue weighted by Gasteiger charge is 2.17. The predicted molar refractivity (Wildman–Crippen MR) is 71.4 cm³/mol. The first-order chi connectivity index (χ1) is 9.00. The van der Waals surface area contributed by atoms with Crippen molar-refractivity contribution in [2.75, 3.05) is 0 Å². The molecule has 1 N–H and O–H groups in total. The van der Waals surface area contributed by atoms with Gasteiger partial charge in [0.1, 0.15) is 0 Å². The summed E-state index contributed by atoms with van der Waals surface area (Å²) >= 11 is 0. The zero-order valence-corrected chi connectivity index (χ0v) is 11.4. The summed E-state index contributed by atoms with van der Waals surface area (Å²) in [6, 6.07) is 5.66. The van der Waals surface area contributed by atoms with Gasteiger partial charge in [-0.05, 0) is 32.4 Å². The molecule has 0 saturated heterocycles. The molecule has 1 heterocycles. The fourth-order valence-electron chi connectivity index (χ4n) is 1.76. The first kappa shape index (κ1) is 15.1. The Balaban J connectivity index is 2.57. The fraction of sp³-hybridized carbons (Fsp3) is 0.500. The highest BCUT2D eigenvalue weighted by atomic mass is 16.4. The molecule has 1 amide bonds. The molecular formula is C14H20N2O3. The monoisotopic (exact) mass is 264 g/mol. The van der Waals surface area contributed by atoms with Crippen LogP contribution in [-0.2, 0) is 16.1 Å². The van der Waals surface area contributed by atoms with E-state index in [9.17, 15) is 9.59 Å². The van der Waals surface area contributed by atoms with Gasteiger partial charge in [-0.15, -0.1) is 0 Å². The van der Waals surface area contributed by atoms with Crippen LogP contribution in [0.15, 0.2) is 24.4 Å². The normalized spacial score (nSPS) is 10.5. The molecule has 1 aromatic rings. The number of nitrogens with zero attached hydrogens (tertiary/aromatic N) is 2. The topological polar surface area (TPSA) is 70.5 Å². The maximum absolute atomic E-state index is 12.1. The van der Waals surface area contributed by atoms with Crippen molar-refractivity contribution >= 4 is 11.9 Å². The van der Waals surface area contributed by atoms with Gasteiger partial charge in [0.25, 0.3) is 0 Å². The van der Waals surface area contributed by atoms with E-state index >= 15 is 0 Å². The maximum atomic E-state index is 12.1. The Labute approximate surface area is 113 Å². The van der Waals surface area contributed by atoms with Gasteiger partial charge >= 0.3 is 5.97 Å². The Kier molecular flexibility index (Phi) is 5.99. The van der Waals surface area contributed by atoms with Crippen LogP contribution in [0.5, 0.6) is 0 Å². The molecule has 0 spiro atoms. The molecule has 0 bridgehead atoms. The molecule has 5 heteroatoms. The SMILES string of the molecule is CC(C)N(Cc1ccccn1)C(=O)CCCC(=O)O. The van der Waals surface area contributed by atoms with Crippen molar-refractivity contribution in [1.82, 2.24) is 9.88 Å². The van der Waals surface area contributed by atoms with E-state index in [1.54, 1.807) is 11.1 Å². The number of carbonyl (C=O) groups is 2. The van der Waals surface area contributed by atoms with Crippen LogP contribution in [0.2, 0.25) is 0 Å². The molecule has 5 nitrogen and oxygen atoms in total. The Hall–Kier alpha value is -1.91. The zero-order chi connectivity index (χ0) is 14.3. The van der Waals surface area contributed by atoms with Gasteiger partial charge in [0.2, 0.25) is 5.91 Å². The molecule has 0 radical (unpaired) electrons. The van der Waals surface area contributed by atoms with Crippen LogP contribution in [0.25, 0.3) is 0 Å². The number of aliphatic carboxylic acids is 1. The van der Waals surface area contributed by atoms with Crippen molar-refractivity contribution in [2.24, 2.45) is 0 Å². The summed E-state index contributed by atoms with van der Waals surface area (Å²) in [5.41, 5.74) is 0.836. The Morgan fingerprint density at radius 3 is 2.58 bits per heavy atom. The van der Waals surface area contributed by atoms with Crippen LogP contribution >= 0.6 is 0 Å². The van der Waals surface area contributed by atoms with Gasteiger partial charge in [-0.1, -0.05) is 6.07 Å². The van der Waals surface area contributed by atoms with Crippen molar-refractivity contribution in [3.63, 3.8) is 0 Å². The molecule has 0 unspecified atom stereocenters. The largest absolute Gasteiger partial charge is 0.481 e. The minimum absolute atomic E-state index is 0.0260. The minimum Gasteiger partial charge on any atom is -0.481 e. The molecule has 1 rings (SSSR count). The molecule has 0 fully saturated rings. The Morgan fingerprint density at radius 1 is 1.32 bits per heavy atom. The lowest BCUT2D eigenvalue weighted by molar-refractivity contribution is -0.137. The number of amides is 1. The van der Waals surface area contributed by atoms with E-state index in [0.29, 0.717) is 13.0 Å². The number of carbonyl (C=O) groups excluding carboxylic acids is 1. The van der Waals surface area contributed by atoms with Crippen LogP contribution in [0.3, 0.4) is 0 Å². The number of pyridine rings is 1. The van der Waals surface area contributed by atoms with Crippen LogP contribution in [0.4, 0.5) is 0 Å². The summed E-state index contributed by atoms with van der Waals surface area (Å²) < 4.78 is 0. The van der Waals surface area contributed by atoms with E-state index in [4.69, 9.17) is 5.11 Å². The first-order valence-corrected chi connectivity index (χ1v) is 6.42. The average molecular weight is 264 g/mol. The fourth-order valence-corrected chi connectivity index (χ4v) is 1.76. The maximum Gasteiger partial charge on any atom is 0.303 e. The van der Waals surface area contributed by atoms with Crippen LogP contribution < -0.4 is 0 Å². The van der Waals surface area contributed by atoms with Gasteiger partial charge in [-0.25, -0.2) is 0 Å². The summed E-state index contributed by atoms with van der Waals surface area (Å²) in [6.45, 7) is 4.35. The van der Waals surface area contributed by atoms with Crippen LogP contribution in [-0.4, -0.2) is 32.9 Å². The van der Waals surface area contributed by atoms with E-state index in [-0.39, 0.29) is 24.8 Å². The summed E-state index contributed by atoms with van der Waals surface area (Å²) in [6.07, 6.45) is 2.36. The molecule has 19 heavy (non-hydrogen) atoms. The molecule has 0 atom stereocenters. The second-order valence-electron chi connectivity index (χ2n) is 4.68. The third kappa shape index (κ3) is 5.50. The third-order valence-corrected chi connectivity index (χ3v) is 2.78. The second-order valence-corrected chi connectivity index (χ2v) is 4.68. The molecule has 0 aliphatic rings. The van der Waals surface area contributed by atoms with E-state index < -0.39 is 5.97 Å². The van der Waals surface area contributed by atoms with Gasteiger partial charge in [0.15, 0.2) is 0 Å². The smallest absolute Gasteiger partial charge is 0.303 e.